The Hall–Kier alpha value is -1.47. The van der Waals surface area contributed by atoms with Gasteiger partial charge in [0.25, 0.3) is 0 Å². The van der Waals surface area contributed by atoms with Gasteiger partial charge in [0, 0.05) is 6.04 Å². The lowest BCUT2D eigenvalue weighted by atomic mass is 10.1. The summed E-state index contributed by atoms with van der Waals surface area (Å²) in [6, 6.07) is 2.34. The number of phenols is 1. The summed E-state index contributed by atoms with van der Waals surface area (Å²) in [6.07, 6.45) is 3.04. The molecule has 0 heterocycles. The zero-order valence-corrected chi connectivity index (χ0v) is 15.5. The molecule has 2 rings (SSSR count). The van der Waals surface area contributed by atoms with Crippen LogP contribution in [0.1, 0.15) is 40.0 Å². The molecule has 3 N–H and O–H groups in total. The summed E-state index contributed by atoms with van der Waals surface area (Å²) in [4.78, 5) is 11.8. The minimum Gasteiger partial charge on any atom is -0.504 e. The average molecular weight is 375 g/mol. The Kier molecular flexibility index (Phi) is 5.65. The van der Waals surface area contributed by atoms with Crippen molar-refractivity contribution in [3.05, 3.63) is 17.2 Å². The Balaban J connectivity index is 2.24. The van der Waals surface area contributed by atoms with Crippen LogP contribution in [0.3, 0.4) is 0 Å². The second-order valence-corrected chi connectivity index (χ2v) is 9.33. The van der Waals surface area contributed by atoms with Crippen molar-refractivity contribution in [2.75, 3.05) is 5.32 Å². The molecule has 24 heavy (non-hydrogen) atoms. The number of hydrogen-bond acceptors (Lipinski definition) is 4. The first kappa shape index (κ1) is 18.9. The van der Waals surface area contributed by atoms with Crippen molar-refractivity contribution in [2.45, 2.75) is 56.2 Å². The van der Waals surface area contributed by atoms with Gasteiger partial charge in [-0.15, -0.1) is 0 Å². The van der Waals surface area contributed by atoms with Crippen molar-refractivity contribution < 1.29 is 18.3 Å². The summed E-state index contributed by atoms with van der Waals surface area (Å²) in [5.41, 5.74) is 0.0155. The molecule has 1 fully saturated rings. The lowest BCUT2D eigenvalue weighted by Gasteiger charge is -2.19. The zero-order valence-electron chi connectivity index (χ0n) is 14.0. The van der Waals surface area contributed by atoms with Crippen molar-refractivity contribution in [2.24, 2.45) is 5.92 Å². The van der Waals surface area contributed by atoms with E-state index in [0.29, 0.717) is 5.92 Å². The highest BCUT2D eigenvalue weighted by atomic mass is 35.5. The molecule has 0 aliphatic heterocycles. The highest BCUT2D eigenvalue weighted by molar-refractivity contribution is 7.92. The average Bonchev–Trinajstić information content (AvgIpc) is 2.87. The van der Waals surface area contributed by atoms with Gasteiger partial charge in [0.05, 0.1) is 16.0 Å². The smallest absolute Gasteiger partial charge is 0.319 e. The molecule has 1 saturated carbocycles. The predicted octanol–water partition coefficient (Wildman–Crippen LogP) is 3.54. The Morgan fingerprint density at radius 2 is 2.00 bits per heavy atom. The molecule has 1 aromatic carbocycles. The fraction of sp³-hybridized carbons (Fsp3) is 0.562. The number of rotatable bonds is 4. The molecule has 8 heteroatoms. The van der Waals surface area contributed by atoms with Gasteiger partial charge in [-0.2, -0.15) is 0 Å². The van der Waals surface area contributed by atoms with E-state index in [2.05, 4.69) is 17.6 Å². The first-order valence-electron chi connectivity index (χ1n) is 7.97. The molecule has 134 valence electrons. The molecule has 2 atom stereocenters. The number of sulfone groups is 1. The van der Waals surface area contributed by atoms with Crippen LogP contribution in [0.15, 0.2) is 17.0 Å². The molecule has 0 aromatic heterocycles. The second-order valence-electron chi connectivity index (χ2n) is 6.48. The van der Waals surface area contributed by atoms with Crippen molar-refractivity contribution >= 4 is 33.2 Å². The molecule has 6 nitrogen and oxygen atoms in total. The van der Waals surface area contributed by atoms with Crippen molar-refractivity contribution in [3.63, 3.8) is 0 Å². The standard InChI is InChI=1S/C16H23ClN2O4S/c1-9(2)24(22,23)15-11(17)7-8-13(14(15)20)19-16(21)18-12-6-4-5-10(12)3/h7-10,12,20H,4-6H2,1-3H3,(H2,18,19,21). The highest BCUT2D eigenvalue weighted by Gasteiger charge is 2.29. The molecule has 2 amide bonds. The molecule has 2 unspecified atom stereocenters. The van der Waals surface area contributed by atoms with Gasteiger partial charge >= 0.3 is 6.03 Å². The Morgan fingerprint density at radius 3 is 2.54 bits per heavy atom. The first-order chi connectivity index (χ1) is 11.1. The van der Waals surface area contributed by atoms with E-state index in [1.54, 1.807) is 0 Å². The lowest BCUT2D eigenvalue weighted by molar-refractivity contribution is 0.245. The topological polar surface area (TPSA) is 95.5 Å². The number of urea groups is 1. The second kappa shape index (κ2) is 7.19. The van der Waals surface area contributed by atoms with Crippen LogP contribution in [-0.2, 0) is 9.84 Å². The maximum absolute atomic E-state index is 12.4. The summed E-state index contributed by atoms with van der Waals surface area (Å²) < 4.78 is 24.7. The maximum Gasteiger partial charge on any atom is 0.319 e. The number of nitrogens with one attached hydrogen (secondary N) is 2. The molecule has 0 spiro atoms. The monoisotopic (exact) mass is 374 g/mol. The number of phenolic OH excluding ortho intramolecular Hbond substituents is 1. The molecule has 0 bridgehead atoms. The van der Waals surface area contributed by atoms with Gasteiger partial charge in [-0.3, -0.25) is 0 Å². The molecule has 1 aliphatic carbocycles. The van der Waals surface area contributed by atoms with E-state index in [0.717, 1.165) is 19.3 Å². The summed E-state index contributed by atoms with van der Waals surface area (Å²) in [7, 11) is -3.78. The number of aromatic hydroxyl groups is 1. The normalized spacial score (nSPS) is 21.0. The van der Waals surface area contributed by atoms with E-state index in [1.165, 1.54) is 26.0 Å². The molecule has 0 radical (unpaired) electrons. The Bertz CT molecular complexity index is 734. The highest BCUT2D eigenvalue weighted by Crippen LogP contribution is 2.38. The van der Waals surface area contributed by atoms with E-state index in [-0.39, 0.29) is 21.6 Å². The summed E-state index contributed by atoms with van der Waals surface area (Å²) in [6.45, 7) is 5.07. The number of halogens is 1. The van der Waals surface area contributed by atoms with Crippen molar-refractivity contribution in [3.8, 4) is 5.75 Å². The molecule has 1 aromatic rings. The summed E-state index contributed by atoms with van der Waals surface area (Å²) in [5.74, 6) is -0.141. The number of hydrogen-bond donors (Lipinski definition) is 3. The number of carbonyl (C=O) groups is 1. The molecular weight excluding hydrogens is 352 g/mol. The van der Waals surface area contributed by atoms with Gasteiger partial charge in [0.2, 0.25) is 0 Å². The number of benzene rings is 1. The van der Waals surface area contributed by atoms with Crippen molar-refractivity contribution in [1.29, 1.82) is 0 Å². The van der Waals surface area contributed by atoms with Gasteiger partial charge in [0.1, 0.15) is 4.90 Å². The quantitative estimate of drug-likeness (QED) is 0.702. The fourth-order valence-corrected chi connectivity index (χ4v) is 4.51. The number of anilines is 1. The predicted molar refractivity (Wildman–Crippen MR) is 94.4 cm³/mol. The van der Waals surface area contributed by atoms with Crippen LogP contribution in [0.4, 0.5) is 10.5 Å². The number of carbonyl (C=O) groups excluding carboxylic acids is 1. The molecule has 0 saturated heterocycles. The van der Waals surface area contributed by atoms with Crippen molar-refractivity contribution in [1.82, 2.24) is 5.32 Å². The van der Waals surface area contributed by atoms with Crippen LogP contribution in [0.2, 0.25) is 5.02 Å². The van der Waals surface area contributed by atoms with Crippen LogP contribution < -0.4 is 10.6 Å². The maximum atomic E-state index is 12.4. The molecular formula is C16H23ClN2O4S. The fourth-order valence-electron chi connectivity index (χ4n) is 2.84. The lowest BCUT2D eigenvalue weighted by Crippen LogP contribution is -2.39. The molecule has 1 aliphatic rings. The Labute approximate surface area is 147 Å². The number of amides is 2. The van der Waals surface area contributed by atoms with Gasteiger partial charge in [-0.05, 0) is 44.7 Å². The third-order valence-electron chi connectivity index (χ3n) is 4.41. The van der Waals surface area contributed by atoms with Gasteiger partial charge < -0.3 is 15.7 Å². The van der Waals surface area contributed by atoms with E-state index < -0.39 is 26.9 Å². The zero-order chi connectivity index (χ0) is 18.1. The van der Waals surface area contributed by atoms with Gasteiger partial charge in [-0.25, -0.2) is 13.2 Å². The largest absolute Gasteiger partial charge is 0.504 e. The van der Waals surface area contributed by atoms with Crippen LogP contribution in [0.25, 0.3) is 0 Å². The van der Waals surface area contributed by atoms with E-state index >= 15 is 0 Å². The SMILES string of the molecule is CC1CCCC1NC(=O)Nc1ccc(Cl)c(S(=O)(=O)C(C)C)c1O. The van der Waals surface area contributed by atoms with E-state index in [4.69, 9.17) is 11.6 Å². The van der Waals surface area contributed by atoms with Gasteiger partial charge in [-0.1, -0.05) is 24.9 Å². The van der Waals surface area contributed by atoms with E-state index in [1.807, 2.05) is 0 Å². The minimum absolute atomic E-state index is 0.0155. The van der Waals surface area contributed by atoms with E-state index in [9.17, 15) is 18.3 Å². The van der Waals surface area contributed by atoms with Crippen LogP contribution >= 0.6 is 11.6 Å². The Morgan fingerprint density at radius 1 is 1.33 bits per heavy atom. The van der Waals surface area contributed by atoms with Crippen LogP contribution in [0.5, 0.6) is 5.75 Å². The third kappa shape index (κ3) is 3.78. The minimum atomic E-state index is -3.78. The third-order valence-corrected chi connectivity index (χ3v) is 7.07. The van der Waals surface area contributed by atoms with Crippen LogP contribution in [-0.4, -0.2) is 30.8 Å². The van der Waals surface area contributed by atoms with Crippen LogP contribution in [0, 0.1) is 5.92 Å². The summed E-state index contributed by atoms with van der Waals surface area (Å²) >= 11 is 5.96. The summed E-state index contributed by atoms with van der Waals surface area (Å²) in [5, 5.41) is 14.9. The van der Waals surface area contributed by atoms with Gasteiger partial charge in [0.15, 0.2) is 15.6 Å². The first-order valence-corrected chi connectivity index (χ1v) is 9.90.